The Bertz CT molecular complexity index is 302. The molecule has 1 aromatic rings. The minimum absolute atomic E-state index is 0.178. The molecule has 0 saturated carbocycles. The Balaban J connectivity index is 0.00000106. The fourth-order valence-electron chi connectivity index (χ4n) is 1.26. The SMILES string of the molecule is CC.CCC(C)c1cccc(C(F)(F)F)c1. The van der Waals surface area contributed by atoms with E-state index in [0.717, 1.165) is 18.1 Å². The van der Waals surface area contributed by atoms with Crippen LogP contribution in [-0.4, -0.2) is 0 Å². The first-order valence-electron chi connectivity index (χ1n) is 5.62. The third kappa shape index (κ3) is 4.25. The molecule has 0 fully saturated rings. The highest BCUT2D eigenvalue weighted by Gasteiger charge is 2.30. The largest absolute Gasteiger partial charge is 0.416 e. The Morgan fingerprint density at radius 1 is 1.19 bits per heavy atom. The summed E-state index contributed by atoms with van der Waals surface area (Å²) in [5.74, 6) is 0.178. The van der Waals surface area contributed by atoms with E-state index in [9.17, 15) is 13.2 Å². The monoisotopic (exact) mass is 232 g/mol. The van der Waals surface area contributed by atoms with Gasteiger partial charge in [-0.1, -0.05) is 45.9 Å². The Kier molecular flexibility index (Phi) is 6.16. The quantitative estimate of drug-likeness (QED) is 0.653. The van der Waals surface area contributed by atoms with Gasteiger partial charge in [-0.3, -0.25) is 0 Å². The predicted molar refractivity (Wildman–Crippen MR) is 61.5 cm³/mol. The lowest BCUT2D eigenvalue weighted by Crippen LogP contribution is -2.05. The van der Waals surface area contributed by atoms with Gasteiger partial charge in [-0.25, -0.2) is 0 Å². The highest BCUT2D eigenvalue weighted by atomic mass is 19.4. The minimum Gasteiger partial charge on any atom is -0.166 e. The molecule has 0 bridgehead atoms. The summed E-state index contributed by atoms with van der Waals surface area (Å²) < 4.78 is 37.0. The summed E-state index contributed by atoms with van der Waals surface area (Å²) in [6, 6.07) is 5.54. The van der Waals surface area contributed by atoms with Crippen molar-refractivity contribution in [1.82, 2.24) is 0 Å². The number of rotatable bonds is 2. The molecule has 0 heterocycles. The first-order valence-corrected chi connectivity index (χ1v) is 5.62. The Hall–Kier alpha value is -0.990. The van der Waals surface area contributed by atoms with Crippen molar-refractivity contribution in [2.24, 2.45) is 0 Å². The normalized spacial score (nSPS) is 12.7. The van der Waals surface area contributed by atoms with Gasteiger partial charge in [-0.05, 0) is 24.0 Å². The van der Waals surface area contributed by atoms with Crippen LogP contribution in [0.5, 0.6) is 0 Å². The first kappa shape index (κ1) is 15.0. The second kappa shape index (κ2) is 6.56. The lowest BCUT2D eigenvalue weighted by molar-refractivity contribution is -0.137. The zero-order chi connectivity index (χ0) is 12.8. The van der Waals surface area contributed by atoms with Crippen LogP contribution in [0.3, 0.4) is 0 Å². The molecule has 0 saturated heterocycles. The van der Waals surface area contributed by atoms with Crippen molar-refractivity contribution in [2.45, 2.75) is 46.2 Å². The van der Waals surface area contributed by atoms with Crippen molar-refractivity contribution in [3.05, 3.63) is 35.4 Å². The van der Waals surface area contributed by atoms with Gasteiger partial charge in [0, 0.05) is 0 Å². The van der Waals surface area contributed by atoms with Crippen molar-refractivity contribution in [2.75, 3.05) is 0 Å². The standard InChI is InChI=1S/C11H13F3.C2H6/c1-3-8(2)9-5-4-6-10(7-9)11(12,13)14;1-2/h4-8H,3H2,1-2H3;1-2H3. The Morgan fingerprint density at radius 2 is 1.75 bits per heavy atom. The highest BCUT2D eigenvalue weighted by Crippen LogP contribution is 2.31. The van der Waals surface area contributed by atoms with E-state index in [2.05, 4.69) is 0 Å². The number of hydrogen-bond donors (Lipinski definition) is 0. The van der Waals surface area contributed by atoms with Crippen LogP contribution >= 0.6 is 0 Å². The molecule has 0 radical (unpaired) electrons. The van der Waals surface area contributed by atoms with Crippen LogP contribution < -0.4 is 0 Å². The molecule has 0 nitrogen and oxygen atoms in total. The molecule has 1 aromatic carbocycles. The summed E-state index contributed by atoms with van der Waals surface area (Å²) in [5.41, 5.74) is 0.192. The van der Waals surface area contributed by atoms with Crippen LogP contribution in [0, 0.1) is 0 Å². The molecule has 0 N–H and O–H groups in total. The van der Waals surface area contributed by atoms with Crippen LogP contribution in [0.4, 0.5) is 13.2 Å². The van der Waals surface area contributed by atoms with E-state index in [-0.39, 0.29) is 5.92 Å². The molecule has 0 aliphatic heterocycles. The molecule has 3 heteroatoms. The maximum Gasteiger partial charge on any atom is 0.416 e. The molecule has 1 unspecified atom stereocenters. The van der Waals surface area contributed by atoms with Crippen molar-refractivity contribution in [3.63, 3.8) is 0 Å². The van der Waals surface area contributed by atoms with E-state index < -0.39 is 11.7 Å². The van der Waals surface area contributed by atoms with Crippen molar-refractivity contribution in [3.8, 4) is 0 Å². The second-order valence-electron chi connectivity index (χ2n) is 3.43. The molecule has 0 aromatic heterocycles. The maximum absolute atomic E-state index is 12.3. The van der Waals surface area contributed by atoms with E-state index in [1.165, 1.54) is 12.1 Å². The summed E-state index contributed by atoms with van der Waals surface area (Å²) in [6.07, 6.45) is -3.38. The molecule has 16 heavy (non-hydrogen) atoms. The van der Waals surface area contributed by atoms with Crippen molar-refractivity contribution in [1.29, 1.82) is 0 Å². The first-order chi connectivity index (χ1) is 7.45. The maximum atomic E-state index is 12.3. The summed E-state index contributed by atoms with van der Waals surface area (Å²) in [5, 5.41) is 0. The summed E-state index contributed by atoms with van der Waals surface area (Å²) in [7, 11) is 0. The number of hydrogen-bond acceptors (Lipinski definition) is 0. The van der Waals surface area contributed by atoms with Gasteiger partial charge in [0.2, 0.25) is 0 Å². The van der Waals surface area contributed by atoms with E-state index in [1.807, 2.05) is 27.7 Å². The van der Waals surface area contributed by atoms with Gasteiger partial charge >= 0.3 is 6.18 Å². The van der Waals surface area contributed by atoms with Gasteiger partial charge in [0.05, 0.1) is 5.56 Å². The topological polar surface area (TPSA) is 0 Å². The third-order valence-corrected chi connectivity index (χ3v) is 2.40. The average Bonchev–Trinajstić information content (AvgIpc) is 2.30. The molecule has 1 atom stereocenters. The van der Waals surface area contributed by atoms with Crippen LogP contribution in [0.1, 0.15) is 51.2 Å². The molecule has 1 rings (SSSR count). The molecular weight excluding hydrogens is 213 g/mol. The van der Waals surface area contributed by atoms with Gasteiger partial charge in [0.15, 0.2) is 0 Å². The molecule has 0 aliphatic rings. The zero-order valence-corrected chi connectivity index (χ0v) is 10.2. The lowest BCUT2D eigenvalue weighted by Gasteiger charge is -2.12. The van der Waals surface area contributed by atoms with Gasteiger partial charge in [0.1, 0.15) is 0 Å². The molecule has 92 valence electrons. The second-order valence-corrected chi connectivity index (χ2v) is 3.43. The lowest BCUT2D eigenvalue weighted by atomic mass is 9.97. The Morgan fingerprint density at radius 3 is 2.19 bits per heavy atom. The highest BCUT2D eigenvalue weighted by molar-refractivity contribution is 5.27. The molecule has 0 spiro atoms. The van der Waals surface area contributed by atoms with E-state index in [1.54, 1.807) is 6.07 Å². The molecule has 0 aliphatic carbocycles. The Labute approximate surface area is 95.5 Å². The van der Waals surface area contributed by atoms with E-state index in [4.69, 9.17) is 0 Å². The summed E-state index contributed by atoms with van der Waals surface area (Å²) >= 11 is 0. The number of halogens is 3. The number of benzene rings is 1. The fourth-order valence-corrected chi connectivity index (χ4v) is 1.26. The smallest absolute Gasteiger partial charge is 0.166 e. The molecular formula is C13H19F3. The zero-order valence-electron chi connectivity index (χ0n) is 10.2. The van der Waals surface area contributed by atoms with Crippen molar-refractivity contribution >= 4 is 0 Å². The van der Waals surface area contributed by atoms with Gasteiger partial charge in [0.25, 0.3) is 0 Å². The van der Waals surface area contributed by atoms with Gasteiger partial charge < -0.3 is 0 Å². The summed E-state index contributed by atoms with van der Waals surface area (Å²) in [6.45, 7) is 7.89. The van der Waals surface area contributed by atoms with Crippen LogP contribution in [0.2, 0.25) is 0 Å². The fraction of sp³-hybridized carbons (Fsp3) is 0.538. The van der Waals surface area contributed by atoms with Crippen LogP contribution in [-0.2, 0) is 6.18 Å². The molecule has 0 amide bonds. The predicted octanol–water partition coefficient (Wildman–Crippen LogP) is 5.25. The third-order valence-electron chi connectivity index (χ3n) is 2.40. The van der Waals surface area contributed by atoms with E-state index >= 15 is 0 Å². The van der Waals surface area contributed by atoms with Crippen LogP contribution in [0.25, 0.3) is 0 Å². The number of alkyl halides is 3. The average molecular weight is 232 g/mol. The van der Waals surface area contributed by atoms with E-state index in [0.29, 0.717) is 0 Å². The van der Waals surface area contributed by atoms with Crippen molar-refractivity contribution < 1.29 is 13.2 Å². The summed E-state index contributed by atoms with van der Waals surface area (Å²) in [4.78, 5) is 0. The van der Waals surface area contributed by atoms with Crippen LogP contribution in [0.15, 0.2) is 24.3 Å². The van der Waals surface area contributed by atoms with Gasteiger partial charge in [-0.15, -0.1) is 0 Å². The minimum atomic E-state index is -4.23. The van der Waals surface area contributed by atoms with Gasteiger partial charge in [-0.2, -0.15) is 13.2 Å².